The van der Waals surface area contributed by atoms with Gasteiger partial charge < -0.3 is 15.3 Å². The minimum atomic E-state index is 0.190. The second-order valence-electron chi connectivity index (χ2n) is 3.11. The molecule has 0 bridgehead atoms. The number of phenols is 1. The number of nitrogen functional groups attached to an aromatic ring is 1. The molecule has 0 amide bonds. The number of nitrogens with two attached hydrogens (primary N) is 1. The van der Waals surface area contributed by atoms with Gasteiger partial charge in [-0.3, -0.25) is 0 Å². The number of anilines is 1. The van der Waals surface area contributed by atoms with Crippen LogP contribution in [0.5, 0.6) is 5.75 Å². The minimum Gasteiger partial charge on any atom is -0.508 e. The van der Waals surface area contributed by atoms with Gasteiger partial charge in [0, 0.05) is 11.8 Å². The average Bonchev–Trinajstić information content (AvgIpc) is 2.46. The highest BCUT2D eigenvalue weighted by Crippen LogP contribution is 2.31. The summed E-state index contributed by atoms with van der Waals surface area (Å²) >= 11 is 0. The molecule has 1 heterocycles. The first kappa shape index (κ1) is 8.69. The van der Waals surface area contributed by atoms with Crippen LogP contribution in [0.3, 0.4) is 0 Å². The lowest BCUT2D eigenvalue weighted by Gasteiger charge is -1.91. The molecule has 2 rings (SSSR count). The van der Waals surface area contributed by atoms with Gasteiger partial charge in [-0.1, -0.05) is 6.08 Å². The van der Waals surface area contributed by atoms with E-state index in [1.54, 1.807) is 24.3 Å². The number of allylic oxidation sites excluding steroid dienone is 1. The Bertz CT molecular complexity index is 485. The molecule has 72 valence electrons. The lowest BCUT2D eigenvalue weighted by Crippen LogP contribution is -1.87. The summed E-state index contributed by atoms with van der Waals surface area (Å²) in [5.41, 5.74) is 7.11. The van der Waals surface area contributed by atoms with Crippen LogP contribution >= 0.6 is 0 Å². The first-order chi connectivity index (χ1) is 6.72. The van der Waals surface area contributed by atoms with Gasteiger partial charge in [-0.15, -0.1) is 6.58 Å². The van der Waals surface area contributed by atoms with Crippen molar-refractivity contribution in [2.45, 2.75) is 6.42 Å². The van der Waals surface area contributed by atoms with Gasteiger partial charge in [0.1, 0.15) is 17.1 Å². The van der Waals surface area contributed by atoms with E-state index in [1.807, 2.05) is 0 Å². The van der Waals surface area contributed by atoms with Gasteiger partial charge in [0.15, 0.2) is 0 Å². The molecule has 0 saturated carbocycles. The van der Waals surface area contributed by atoms with E-state index < -0.39 is 0 Å². The lowest BCUT2D eigenvalue weighted by atomic mass is 10.2. The molecule has 0 aliphatic heterocycles. The van der Waals surface area contributed by atoms with Gasteiger partial charge >= 0.3 is 0 Å². The van der Waals surface area contributed by atoms with E-state index in [0.717, 1.165) is 5.39 Å². The van der Waals surface area contributed by atoms with Crippen molar-refractivity contribution in [3.05, 3.63) is 36.6 Å². The fourth-order valence-electron chi connectivity index (χ4n) is 1.44. The second-order valence-corrected chi connectivity index (χ2v) is 3.11. The summed E-state index contributed by atoms with van der Waals surface area (Å²) in [5.74, 6) is 0.885. The molecule has 3 nitrogen and oxygen atoms in total. The fourth-order valence-corrected chi connectivity index (χ4v) is 1.44. The molecule has 0 aliphatic rings. The van der Waals surface area contributed by atoms with Crippen molar-refractivity contribution in [3.8, 4) is 5.75 Å². The Kier molecular flexibility index (Phi) is 1.93. The molecule has 0 radical (unpaired) electrons. The van der Waals surface area contributed by atoms with E-state index in [9.17, 15) is 5.11 Å². The number of phenolic OH excluding ortho intramolecular Hbond substituents is 1. The first-order valence-electron chi connectivity index (χ1n) is 4.33. The van der Waals surface area contributed by atoms with Crippen LogP contribution in [0.2, 0.25) is 0 Å². The van der Waals surface area contributed by atoms with E-state index in [1.165, 1.54) is 0 Å². The predicted octanol–water partition coefficient (Wildman–Crippen LogP) is 2.45. The molecule has 0 unspecified atom stereocenters. The molecule has 1 aromatic carbocycles. The predicted molar refractivity (Wildman–Crippen MR) is 56.2 cm³/mol. The standard InChI is InChI=1S/C11H11NO2/c1-2-3-10-11(12)8-6-7(13)4-5-9(8)14-10/h2,4-6,13H,1,3,12H2. The normalized spacial score (nSPS) is 10.6. The third-order valence-corrected chi connectivity index (χ3v) is 2.12. The number of fused-ring (bicyclic) bond motifs is 1. The molecular weight excluding hydrogens is 178 g/mol. The van der Waals surface area contributed by atoms with Crippen LogP contribution in [0.25, 0.3) is 11.0 Å². The molecule has 1 aromatic heterocycles. The summed E-state index contributed by atoms with van der Waals surface area (Å²) in [4.78, 5) is 0. The molecule has 0 spiro atoms. The Balaban J connectivity index is 2.67. The molecule has 0 atom stereocenters. The van der Waals surface area contributed by atoms with Crippen molar-refractivity contribution < 1.29 is 9.52 Å². The maximum absolute atomic E-state index is 9.28. The van der Waals surface area contributed by atoms with Gasteiger partial charge in [-0.05, 0) is 18.2 Å². The van der Waals surface area contributed by atoms with E-state index in [0.29, 0.717) is 23.5 Å². The van der Waals surface area contributed by atoms with Crippen molar-refractivity contribution >= 4 is 16.7 Å². The zero-order chi connectivity index (χ0) is 10.1. The van der Waals surface area contributed by atoms with Gasteiger partial charge in [0.05, 0.1) is 5.69 Å². The van der Waals surface area contributed by atoms with Gasteiger partial charge in [0.25, 0.3) is 0 Å². The number of benzene rings is 1. The van der Waals surface area contributed by atoms with Gasteiger partial charge in [-0.25, -0.2) is 0 Å². The monoisotopic (exact) mass is 189 g/mol. The molecule has 14 heavy (non-hydrogen) atoms. The molecule has 3 heteroatoms. The highest BCUT2D eigenvalue weighted by molar-refractivity contribution is 5.92. The maximum Gasteiger partial charge on any atom is 0.136 e. The van der Waals surface area contributed by atoms with Crippen LogP contribution in [-0.4, -0.2) is 5.11 Å². The van der Waals surface area contributed by atoms with E-state index >= 15 is 0 Å². The third kappa shape index (κ3) is 1.23. The van der Waals surface area contributed by atoms with Crippen molar-refractivity contribution in [1.29, 1.82) is 0 Å². The summed E-state index contributed by atoms with van der Waals surface area (Å²) in [6.07, 6.45) is 2.33. The Labute approximate surface area is 81.4 Å². The summed E-state index contributed by atoms with van der Waals surface area (Å²) in [6, 6.07) is 4.87. The summed E-state index contributed by atoms with van der Waals surface area (Å²) in [6.45, 7) is 3.62. The smallest absolute Gasteiger partial charge is 0.136 e. The Morgan fingerprint density at radius 2 is 2.29 bits per heavy atom. The van der Waals surface area contributed by atoms with Gasteiger partial charge in [-0.2, -0.15) is 0 Å². The Hall–Kier alpha value is -1.90. The summed E-state index contributed by atoms with van der Waals surface area (Å²) in [7, 11) is 0. The SMILES string of the molecule is C=CCc1oc2ccc(O)cc2c1N. The topological polar surface area (TPSA) is 59.4 Å². The number of furan rings is 1. The molecule has 0 saturated heterocycles. The summed E-state index contributed by atoms with van der Waals surface area (Å²) in [5, 5.41) is 10.0. The third-order valence-electron chi connectivity index (χ3n) is 2.12. The first-order valence-corrected chi connectivity index (χ1v) is 4.33. The number of hydrogen-bond donors (Lipinski definition) is 2. The summed E-state index contributed by atoms with van der Waals surface area (Å²) < 4.78 is 5.49. The van der Waals surface area contributed by atoms with Gasteiger partial charge in [0.2, 0.25) is 0 Å². The molecule has 2 aromatic rings. The zero-order valence-electron chi connectivity index (χ0n) is 7.66. The average molecular weight is 189 g/mol. The maximum atomic E-state index is 9.28. The highest BCUT2D eigenvalue weighted by atomic mass is 16.3. The largest absolute Gasteiger partial charge is 0.508 e. The zero-order valence-corrected chi connectivity index (χ0v) is 7.66. The second kappa shape index (κ2) is 3.10. The van der Waals surface area contributed by atoms with Crippen LogP contribution in [0.1, 0.15) is 5.76 Å². The van der Waals surface area contributed by atoms with E-state index in [4.69, 9.17) is 10.2 Å². The highest BCUT2D eigenvalue weighted by Gasteiger charge is 2.09. The van der Waals surface area contributed by atoms with Crippen molar-refractivity contribution in [3.63, 3.8) is 0 Å². The van der Waals surface area contributed by atoms with E-state index in [-0.39, 0.29) is 5.75 Å². The quantitative estimate of drug-likeness (QED) is 0.713. The fraction of sp³-hybridized carbons (Fsp3) is 0.0909. The van der Waals surface area contributed by atoms with E-state index in [2.05, 4.69) is 6.58 Å². The van der Waals surface area contributed by atoms with Crippen molar-refractivity contribution in [1.82, 2.24) is 0 Å². The molecule has 0 aliphatic carbocycles. The van der Waals surface area contributed by atoms with Crippen LogP contribution < -0.4 is 5.73 Å². The van der Waals surface area contributed by atoms with Crippen molar-refractivity contribution in [2.75, 3.05) is 5.73 Å². The van der Waals surface area contributed by atoms with Crippen molar-refractivity contribution in [2.24, 2.45) is 0 Å². The number of aromatic hydroxyl groups is 1. The lowest BCUT2D eigenvalue weighted by molar-refractivity contribution is 0.475. The van der Waals surface area contributed by atoms with Crippen LogP contribution in [-0.2, 0) is 6.42 Å². The number of hydrogen-bond acceptors (Lipinski definition) is 3. The van der Waals surface area contributed by atoms with Crippen LogP contribution in [0.15, 0.2) is 35.3 Å². The Morgan fingerprint density at radius 3 is 3.00 bits per heavy atom. The number of rotatable bonds is 2. The molecular formula is C11H11NO2. The molecule has 0 fully saturated rings. The molecule has 3 N–H and O–H groups in total. The minimum absolute atomic E-state index is 0.190. The Morgan fingerprint density at radius 1 is 1.50 bits per heavy atom. The van der Waals surface area contributed by atoms with Crippen LogP contribution in [0, 0.1) is 0 Å². The van der Waals surface area contributed by atoms with Crippen LogP contribution in [0.4, 0.5) is 5.69 Å².